The fourth-order valence-corrected chi connectivity index (χ4v) is 3.61. The second kappa shape index (κ2) is 9.54. The Labute approximate surface area is 182 Å². The van der Waals surface area contributed by atoms with Crippen molar-refractivity contribution < 1.29 is 18.0 Å². The smallest absolute Gasteiger partial charge is 0.258 e. The lowest BCUT2D eigenvalue weighted by atomic mass is 10.1. The molecular formula is C21H27N5O4S. The van der Waals surface area contributed by atoms with Crippen LogP contribution in [0.3, 0.4) is 0 Å². The average molecular weight is 446 g/mol. The molecule has 0 fully saturated rings. The van der Waals surface area contributed by atoms with Crippen LogP contribution < -0.4 is 9.62 Å². The molecule has 0 saturated heterocycles. The molecule has 0 saturated carbocycles. The minimum atomic E-state index is -3.37. The van der Waals surface area contributed by atoms with Crippen molar-refractivity contribution in [2.75, 3.05) is 30.8 Å². The van der Waals surface area contributed by atoms with Crippen LogP contribution in [0.1, 0.15) is 31.2 Å². The predicted molar refractivity (Wildman–Crippen MR) is 119 cm³/mol. The Bertz CT molecular complexity index is 1120. The minimum Gasteiger partial charge on any atom is -0.387 e. The number of hydrogen-bond acceptors (Lipinski definition) is 8. The first-order valence-corrected chi connectivity index (χ1v) is 11.9. The normalized spacial score (nSPS) is 12.7. The Morgan fingerprint density at radius 3 is 2.39 bits per heavy atom. The fraction of sp³-hybridized carbons (Fsp3) is 0.381. The zero-order valence-corrected chi connectivity index (χ0v) is 18.8. The first kappa shape index (κ1) is 22.9. The highest BCUT2D eigenvalue weighted by atomic mass is 32.2. The third-order valence-corrected chi connectivity index (χ3v) is 5.48. The van der Waals surface area contributed by atoms with E-state index in [1.165, 1.54) is 0 Å². The number of aryl methyl sites for hydroxylation is 1. The summed E-state index contributed by atoms with van der Waals surface area (Å²) >= 11 is 0. The molecule has 1 atom stereocenters. The molecule has 1 unspecified atom stereocenters. The largest absolute Gasteiger partial charge is 0.387 e. The van der Waals surface area contributed by atoms with Gasteiger partial charge in [0.2, 0.25) is 15.8 Å². The lowest BCUT2D eigenvalue weighted by molar-refractivity contribution is 0.182. The van der Waals surface area contributed by atoms with Crippen LogP contribution in [0.4, 0.5) is 5.82 Å². The highest BCUT2D eigenvalue weighted by Crippen LogP contribution is 2.26. The standard InChI is InChI=1S/C21H27N5O4S/c1-5-26(6-2)19-12-17(11-14(3)23-19)21-24-20(25-30-21)16-9-7-15(8-10-16)18(27)13-22-31(4,28)29/h7-12,18,22,27H,5-6,13H2,1-4H3. The Balaban J connectivity index is 1.80. The topological polar surface area (TPSA) is 121 Å². The third kappa shape index (κ3) is 5.87. The van der Waals surface area contributed by atoms with Gasteiger partial charge in [-0.1, -0.05) is 29.4 Å². The summed E-state index contributed by atoms with van der Waals surface area (Å²) in [5.74, 6) is 1.68. The Hall–Kier alpha value is -2.82. The number of nitrogens with zero attached hydrogens (tertiary/aromatic N) is 4. The van der Waals surface area contributed by atoms with Crippen LogP contribution >= 0.6 is 0 Å². The van der Waals surface area contributed by atoms with Crippen LogP contribution in [0.25, 0.3) is 22.8 Å². The van der Waals surface area contributed by atoms with Crippen molar-refractivity contribution in [1.82, 2.24) is 19.8 Å². The second-order valence-electron chi connectivity index (χ2n) is 7.21. The summed E-state index contributed by atoms with van der Waals surface area (Å²) < 4.78 is 30.1. The summed E-state index contributed by atoms with van der Waals surface area (Å²) in [6.07, 6.45) is 0.0919. The number of hydrogen-bond donors (Lipinski definition) is 2. The molecule has 3 rings (SSSR count). The highest BCUT2D eigenvalue weighted by molar-refractivity contribution is 7.88. The van der Waals surface area contributed by atoms with Crippen LogP contribution in [0.5, 0.6) is 0 Å². The lowest BCUT2D eigenvalue weighted by Crippen LogP contribution is -2.27. The first-order valence-electron chi connectivity index (χ1n) is 10.0. The van der Waals surface area contributed by atoms with Gasteiger partial charge in [0.25, 0.3) is 5.89 Å². The number of anilines is 1. The number of aromatic nitrogens is 3. The first-order chi connectivity index (χ1) is 14.7. The number of sulfonamides is 1. The number of nitrogens with one attached hydrogen (secondary N) is 1. The van der Waals surface area contributed by atoms with E-state index in [1.54, 1.807) is 24.3 Å². The summed E-state index contributed by atoms with van der Waals surface area (Å²) in [5, 5.41) is 14.2. The molecule has 0 bridgehead atoms. The maximum absolute atomic E-state index is 11.2. The third-order valence-electron chi connectivity index (χ3n) is 4.79. The molecule has 0 aliphatic carbocycles. The zero-order valence-electron chi connectivity index (χ0n) is 18.0. The number of aliphatic hydroxyl groups excluding tert-OH is 1. The summed E-state index contributed by atoms with van der Waals surface area (Å²) in [6.45, 7) is 7.68. The van der Waals surface area contributed by atoms with Gasteiger partial charge in [0.1, 0.15) is 5.82 Å². The van der Waals surface area contributed by atoms with Gasteiger partial charge in [0.15, 0.2) is 0 Å². The van der Waals surface area contributed by atoms with Gasteiger partial charge < -0.3 is 14.5 Å². The van der Waals surface area contributed by atoms with E-state index in [-0.39, 0.29) is 6.54 Å². The van der Waals surface area contributed by atoms with Gasteiger partial charge in [0.05, 0.1) is 12.4 Å². The van der Waals surface area contributed by atoms with E-state index in [9.17, 15) is 13.5 Å². The Morgan fingerprint density at radius 2 is 1.77 bits per heavy atom. The molecule has 0 radical (unpaired) electrons. The molecule has 3 aromatic rings. The quantitative estimate of drug-likeness (QED) is 0.515. The summed E-state index contributed by atoms with van der Waals surface area (Å²) in [5.41, 5.74) is 2.96. The highest BCUT2D eigenvalue weighted by Gasteiger charge is 2.15. The molecule has 0 aliphatic rings. The van der Waals surface area contributed by atoms with Gasteiger partial charge >= 0.3 is 0 Å². The maximum atomic E-state index is 11.2. The molecule has 31 heavy (non-hydrogen) atoms. The van der Waals surface area contributed by atoms with E-state index < -0.39 is 16.1 Å². The van der Waals surface area contributed by atoms with Gasteiger partial charge in [-0.3, -0.25) is 0 Å². The van der Waals surface area contributed by atoms with E-state index in [0.29, 0.717) is 17.3 Å². The Kier molecular flexibility index (Phi) is 7.04. The van der Waals surface area contributed by atoms with Crippen molar-refractivity contribution >= 4 is 15.8 Å². The molecule has 166 valence electrons. The summed E-state index contributed by atoms with van der Waals surface area (Å²) in [4.78, 5) is 11.3. The Morgan fingerprint density at radius 1 is 1.10 bits per heavy atom. The summed E-state index contributed by atoms with van der Waals surface area (Å²) in [6, 6.07) is 10.8. The fourth-order valence-electron chi connectivity index (χ4n) is 3.14. The molecule has 2 N–H and O–H groups in total. The van der Waals surface area contributed by atoms with Crippen LogP contribution in [0.15, 0.2) is 40.9 Å². The molecule has 0 amide bonds. The predicted octanol–water partition coefficient (Wildman–Crippen LogP) is 2.54. The van der Waals surface area contributed by atoms with Crippen LogP contribution in [0, 0.1) is 6.92 Å². The summed E-state index contributed by atoms with van der Waals surface area (Å²) in [7, 11) is -3.37. The molecule has 2 aromatic heterocycles. The molecule has 10 heteroatoms. The average Bonchev–Trinajstić information content (AvgIpc) is 3.22. The SMILES string of the molecule is CCN(CC)c1cc(-c2nc(-c3ccc(C(O)CNS(C)(=O)=O)cc3)no2)cc(C)n1. The van der Waals surface area contributed by atoms with Crippen molar-refractivity contribution in [2.24, 2.45) is 0 Å². The number of rotatable bonds is 9. The maximum Gasteiger partial charge on any atom is 0.258 e. The monoisotopic (exact) mass is 445 g/mol. The van der Waals surface area contributed by atoms with Crippen LogP contribution in [-0.2, 0) is 10.0 Å². The van der Waals surface area contributed by atoms with Gasteiger partial charge in [-0.25, -0.2) is 18.1 Å². The minimum absolute atomic E-state index is 0.0964. The molecule has 0 spiro atoms. The van der Waals surface area contributed by atoms with E-state index in [2.05, 4.69) is 38.6 Å². The number of aliphatic hydroxyl groups is 1. The van der Waals surface area contributed by atoms with E-state index in [4.69, 9.17) is 4.52 Å². The van der Waals surface area contributed by atoms with Crippen molar-refractivity contribution in [3.8, 4) is 22.8 Å². The van der Waals surface area contributed by atoms with Crippen molar-refractivity contribution in [1.29, 1.82) is 0 Å². The zero-order chi connectivity index (χ0) is 22.6. The molecule has 9 nitrogen and oxygen atoms in total. The van der Waals surface area contributed by atoms with Gasteiger partial charge in [-0.2, -0.15) is 4.98 Å². The van der Waals surface area contributed by atoms with Gasteiger partial charge in [-0.15, -0.1) is 0 Å². The molecule has 2 heterocycles. The van der Waals surface area contributed by atoms with Crippen molar-refractivity contribution in [3.63, 3.8) is 0 Å². The van der Waals surface area contributed by atoms with Crippen molar-refractivity contribution in [2.45, 2.75) is 26.9 Å². The van der Waals surface area contributed by atoms with Crippen LogP contribution in [0.2, 0.25) is 0 Å². The second-order valence-corrected chi connectivity index (χ2v) is 9.04. The molecule has 0 aliphatic heterocycles. The molecule has 1 aromatic carbocycles. The van der Waals surface area contributed by atoms with Crippen molar-refractivity contribution in [3.05, 3.63) is 47.7 Å². The number of pyridine rings is 1. The number of benzene rings is 1. The van der Waals surface area contributed by atoms with E-state index in [1.807, 2.05) is 19.1 Å². The van der Waals surface area contributed by atoms with E-state index in [0.717, 1.165) is 42.0 Å². The lowest BCUT2D eigenvalue weighted by Gasteiger charge is -2.20. The molecular weight excluding hydrogens is 418 g/mol. The van der Waals surface area contributed by atoms with E-state index >= 15 is 0 Å². The van der Waals surface area contributed by atoms with Crippen LogP contribution in [-0.4, -0.2) is 54.5 Å². The van der Waals surface area contributed by atoms with Gasteiger partial charge in [0, 0.05) is 36.5 Å². The van der Waals surface area contributed by atoms with Gasteiger partial charge in [-0.05, 0) is 38.5 Å².